The minimum atomic E-state index is -0.399. The van der Waals surface area contributed by atoms with Gasteiger partial charge < -0.3 is 0 Å². The summed E-state index contributed by atoms with van der Waals surface area (Å²) in [6.45, 7) is 1.92. The monoisotopic (exact) mass is 227 g/mol. The highest BCUT2D eigenvalue weighted by atomic mass is 35.5. The van der Waals surface area contributed by atoms with Crippen molar-refractivity contribution in [3.05, 3.63) is 40.1 Å². The highest BCUT2D eigenvalue weighted by Crippen LogP contribution is 2.27. The lowest BCUT2D eigenvalue weighted by Crippen LogP contribution is -1.80. The molecular weight excluding hydrogens is 221 g/mol. The topological polar surface area (TPSA) is 12.9 Å². The summed E-state index contributed by atoms with van der Waals surface area (Å²) in [7, 11) is 0. The number of hydrogen-bond donors (Lipinski definition) is 0. The third-order valence-corrected chi connectivity index (χ3v) is 3.08. The van der Waals surface area contributed by atoms with E-state index in [1.807, 2.05) is 12.3 Å². The van der Waals surface area contributed by atoms with E-state index < -0.39 is 5.82 Å². The lowest BCUT2D eigenvalue weighted by Gasteiger charge is -1.97. The van der Waals surface area contributed by atoms with Crippen LogP contribution in [0.25, 0.3) is 10.6 Å². The molecule has 0 radical (unpaired) electrons. The Morgan fingerprint density at radius 2 is 2.21 bits per heavy atom. The van der Waals surface area contributed by atoms with E-state index in [4.69, 9.17) is 11.6 Å². The van der Waals surface area contributed by atoms with Crippen LogP contribution in [-0.2, 0) is 0 Å². The average molecular weight is 228 g/mol. The summed E-state index contributed by atoms with van der Waals surface area (Å²) < 4.78 is 12.9. The van der Waals surface area contributed by atoms with E-state index in [9.17, 15) is 4.39 Å². The molecule has 0 N–H and O–H groups in total. The molecule has 0 unspecified atom stereocenters. The second-order valence-electron chi connectivity index (χ2n) is 2.92. The third kappa shape index (κ3) is 1.79. The minimum absolute atomic E-state index is 0.135. The van der Waals surface area contributed by atoms with Crippen molar-refractivity contribution in [3.63, 3.8) is 0 Å². The molecule has 4 heteroatoms. The number of hydrogen-bond acceptors (Lipinski definition) is 2. The molecule has 0 bridgehead atoms. The normalized spacial score (nSPS) is 10.5. The second kappa shape index (κ2) is 3.67. The summed E-state index contributed by atoms with van der Waals surface area (Å²) in [5.74, 6) is -0.399. The van der Waals surface area contributed by atoms with Crippen molar-refractivity contribution in [1.82, 2.24) is 4.98 Å². The zero-order valence-corrected chi connectivity index (χ0v) is 8.99. The van der Waals surface area contributed by atoms with Gasteiger partial charge in [0.05, 0.1) is 5.02 Å². The quantitative estimate of drug-likeness (QED) is 0.720. The fraction of sp³-hybridized carbons (Fsp3) is 0.100. The Bertz CT molecular complexity index is 467. The lowest BCUT2D eigenvalue weighted by atomic mass is 10.2. The highest BCUT2D eigenvalue weighted by molar-refractivity contribution is 7.13. The van der Waals surface area contributed by atoms with Crippen molar-refractivity contribution in [2.75, 3.05) is 0 Å². The van der Waals surface area contributed by atoms with Gasteiger partial charge in [0.15, 0.2) is 0 Å². The van der Waals surface area contributed by atoms with Crippen LogP contribution in [-0.4, -0.2) is 4.98 Å². The Morgan fingerprint density at radius 3 is 2.79 bits per heavy atom. The van der Waals surface area contributed by atoms with Gasteiger partial charge in [-0.15, -0.1) is 11.3 Å². The van der Waals surface area contributed by atoms with E-state index in [0.717, 1.165) is 16.3 Å². The maximum absolute atomic E-state index is 12.9. The van der Waals surface area contributed by atoms with Crippen molar-refractivity contribution in [3.8, 4) is 10.6 Å². The standard InChI is InChI=1S/C10H7ClFNS/c1-6-5-14-10(13-6)7-2-3-9(12)8(11)4-7/h2-5H,1H3. The van der Waals surface area contributed by atoms with Gasteiger partial charge in [0, 0.05) is 16.6 Å². The van der Waals surface area contributed by atoms with Crippen molar-refractivity contribution < 1.29 is 4.39 Å². The van der Waals surface area contributed by atoms with Crippen LogP contribution in [0.1, 0.15) is 5.69 Å². The molecule has 0 saturated carbocycles. The zero-order valence-electron chi connectivity index (χ0n) is 7.42. The first-order valence-electron chi connectivity index (χ1n) is 4.04. The molecule has 0 fully saturated rings. The van der Waals surface area contributed by atoms with Crippen LogP contribution in [0.5, 0.6) is 0 Å². The Hall–Kier alpha value is -0.930. The van der Waals surface area contributed by atoms with Gasteiger partial charge in [-0.1, -0.05) is 11.6 Å². The molecule has 14 heavy (non-hydrogen) atoms. The molecule has 0 saturated heterocycles. The average Bonchev–Trinajstić information content (AvgIpc) is 2.57. The zero-order chi connectivity index (χ0) is 10.1. The maximum Gasteiger partial charge on any atom is 0.141 e. The van der Waals surface area contributed by atoms with Gasteiger partial charge in [-0.05, 0) is 25.1 Å². The molecule has 1 heterocycles. The maximum atomic E-state index is 12.9. The van der Waals surface area contributed by atoms with Crippen molar-refractivity contribution in [2.45, 2.75) is 6.92 Å². The lowest BCUT2D eigenvalue weighted by molar-refractivity contribution is 0.628. The van der Waals surface area contributed by atoms with Crippen molar-refractivity contribution in [1.29, 1.82) is 0 Å². The molecule has 0 atom stereocenters. The summed E-state index contributed by atoms with van der Waals surface area (Å²) in [6, 6.07) is 4.63. The number of thiazole rings is 1. The Morgan fingerprint density at radius 1 is 1.43 bits per heavy atom. The van der Waals surface area contributed by atoms with E-state index >= 15 is 0 Å². The fourth-order valence-corrected chi connectivity index (χ4v) is 2.09. The fourth-order valence-electron chi connectivity index (χ4n) is 1.12. The smallest absolute Gasteiger partial charge is 0.141 e. The number of aromatic nitrogens is 1. The molecule has 1 aromatic heterocycles. The molecule has 1 aromatic carbocycles. The largest absolute Gasteiger partial charge is 0.241 e. The van der Waals surface area contributed by atoms with Gasteiger partial charge in [-0.2, -0.15) is 0 Å². The predicted octanol–water partition coefficient (Wildman–Crippen LogP) is 3.91. The molecule has 0 aliphatic heterocycles. The SMILES string of the molecule is Cc1csc(-c2ccc(F)c(Cl)c2)n1. The van der Waals surface area contributed by atoms with E-state index in [-0.39, 0.29) is 5.02 Å². The molecule has 1 nitrogen and oxygen atoms in total. The predicted molar refractivity (Wildman–Crippen MR) is 57.3 cm³/mol. The highest BCUT2D eigenvalue weighted by Gasteiger charge is 2.05. The first kappa shape index (κ1) is 9.62. The molecule has 0 spiro atoms. The summed E-state index contributed by atoms with van der Waals surface area (Å²) in [4.78, 5) is 4.29. The summed E-state index contributed by atoms with van der Waals surface area (Å²) in [5.41, 5.74) is 1.82. The van der Waals surface area contributed by atoms with E-state index in [0.29, 0.717) is 0 Å². The first-order chi connectivity index (χ1) is 6.66. The molecule has 0 amide bonds. The van der Waals surface area contributed by atoms with E-state index in [2.05, 4.69) is 4.98 Å². The molecule has 0 aliphatic rings. The van der Waals surface area contributed by atoms with Crippen LogP contribution in [0.3, 0.4) is 0 Å². The number of benzene rings is 1. The molecule has 2 rings (SSSR count). The summed E-state index contributed by atoms with van der Waals surface area (Å²) in [6.07, 6.45) is 0. The van der Waals surface area contributed by atoms with Crippen LogP contribution in [0.4, 0.5) is 4.39 Å². The Balaban J connectivity index is 2.47. The molecule has 2 aromatic rings. The second-order valence-corrected chi connectivity index (χ2v) is 4.19. The van der Waals surface area contributed by atoms with Gasteiger partial charge in [0.1, 0.15) is 10.8 Å². The van der Waals surface area contributed by atoms with Crippen LogP contribution in [0.2, 0.25) is 5.02 Å². The van der Waals surface area contributed by atoms with Gasteiger partial charge in [0.25, 0.3) is 0 Å². The van der Waals surface area contributed by atoms with Crippen molar-refractivity contribution in [2.24, 2.45) is 0 Å². The van der Waals surface area contributed by atoms with Gasteiger partial charge in [-0.25, -0.2) is 9.37 Å². The third-order valence-electron chi connectivity index (χ3n) is 1.79. The van der Waals surface area contributed by atoms with Gasteiger partial charge in [-0.3, -0.25) is 0 Å². The Kier molecular flexibility index (Phi) is 2.52. The Labute approximate surface area is 90.2 Å². The van der Waals surface area contributed by atoms with Crippen molar-refractivity contribution >= 4 is 22.9 Å². The van der Waals surface area contributed by atoms with Gasteiger partial charge in [0.2, 0.25) is 0 Å². The summed E-state index contributed by atoms with van der Waals surface area (Å²) in [5, 5.41) is 2.95. The number of aryl methyl sites for hydroxylation is 1. The van der Waals surface area contributed by atoms with Crippen LogP contribution < -0.4 is 0 Å². The number of nitrogens with zero attached hydrogens (tertiary/aromatic N) is 1. The molecular formula is C10H7ClFNS. The van der Waals surface area contributed by atoms with Crippen LogP contribution in [0, 0.1) is 12.7 Å². The van der Waals surface area contributed by atoms with Crippen LogP contribution in [0.15, 0.2) is 23.6 Å². The molecule has 0 aliphatic carbocycles. The number of rotatable bonds is 1. The molecule has 72 valence electrons. The van der Waals surface area contributed by atoms with E-state index in [1.165, 1.54) is 17.4 Å². The van der Waals surface area contributed by atoms with Gasteiger partial charge >= 0.3 is 0 Å². The van der Waals surface area contributed by atoms with Crippen LogP contribution >= 0.6 is 22.9 Å². The minimum Gasteiger partial charge on any atom is -0.241 e. The van der Waals surface area contributed by atoms with E-state index in [1.54, 1.807) is 12.1 Å². The summed E-state index contributed by atoms with van der Waals surface area (Å²) >= 11 is 7.20. The number of halogens is 2. The first-order valence-corrected chi connectivity index (χ1v) is 5.30.